The Labute approximate surface area is 153 Å². The van der Waals surface area contributed by atoms with E-state index in [-0.39, 0.29) is 46.4 Å². The highest BCUT2D eigenvalue weighted by molar-refractivity contribution is 7.89. The van der Waals surface area contributed by atoms with Gasteiger partial charge in [0.25, 0.3) is 0 Å². The van der Waals surface area contributed by atoms with Gasteiger partial charge < -0.3 is 10.5 Å². The first-order valence-corrected chi connectivity index (χ1v) is 9.35. The number of carbonyl (C=O) groups is 1. The highest BCUT2D eigenvalue weighted by Gasteiger charge is 2.30. The van der Waals surface area contributed by atoms with Crippen LogP contribution in [0.2, 0.25) is 5.02 Å². The fourth-order valence-electron chi connectivity index (χ4n) is 2.97. The highest BCUT2D eigenvalue weighted by atomic mass is 35.5. The predicted molar refractivity (Wildman–Crippen MR) is 95.2 cm³/mol. The van der Waals surface area contributed by atoms with Crippen LogP contribution in [0, 0.1) is 5.92 Å². The molecule has 0 spiro atoms. The molecule has 0 aliphatic heterocycles. The molecule has 3 N–H and O–H groups in total. The van der Waals surface area contributed by atoms with E-state index >= 15 is 0 Å². The molecule has 1 saturated carbocycles. The third-order valence-corrected chi connectivity index (χ3v) is 5.95. The van der Waals surface area contributed by atoms with Crippen LogP contribution in [-0.4, -0.2) is 34.1 Å². The van der Waals surface area contributed by atoms with Crippen molar-refractivity contribution in [1.29, 1.82) is 0 Å². The zero-order valence-corrected chi connectivity index (χ0v) is 15.7. The lowest BCUT2D eigenvalue weighted by Crippen LogP contribution is -2.44. The second-order valence-electron chi connectivity index (χ2n) is 5.64. The number of hydrogen-bond donors (Lipinski definition) is 2. The van der Waals surface area contributed by atoms with Gasteiger partial charge >= 0.3 is 5.97 Å². The smallest absolute Gasteiger partial charge is 0.339 e. The van der Waals surface area contributed by atoms with Crippen LogP contribution >= 0.6 is 24.0 Å². The Morgan fingerprint density at radius 3 is 2.58 bits per heavy atom. The maximum Gasteiger partial charge on any atom is 0.339 e. The standard InChI is InChI=1S/C15H21ClN2O4S.ClH/c1-22-15(19)12-8-11(16)6-7-14(12)23(20,21)18-13(9-17)10-4-2-3-5-10;/h6-8,10,13,18H,2-5,9,17H2,1H3;1H. The number of methoxy groups -OCH3 is 1. The normalized spacial score (nSPS) is 16.5. The molecule has 136 valence electrons. The van der Waals surface area contributed by atoms with Crippen LogP contribution in [0.3, 0.4) is 0 Å². The average molecular weight is 397 g/mol. The predicted octanol–water partition coefficient (Wildman–Crippen LogP) is 2.34. The molecule has 9 heteroatoms. The fourth-order valence-corrected chi connectivity index (χ4v) is 4.63. The number of esters is 1. The van der Waals surface area contributed by atoms with Gasteiger partial charge in [0.1, 0.15) is 0 Å². The van der Waals surface area contributed by atoms with Gasteiger partial charge in [0.05, 0.1) is 17.6 Å². The molecule has 1 aliphatic rings. The maximum atomic E-state index is 12.7. The van der Waals surface area contributed by atoms with E-state index in [2.05, 4.69) is 9.46 Å². The molecule has 1 aromatic rings. The van der Waals surface area contributed by atoms with Crippen LogP contribution in [0.15, 0.2) is 23.1 Å². The van der Waals surface area contributed by atoms with E-state index in [0.717, 1.165) is 25.7 Å². The van der Waals surface area contributed by atoms with E-state index in [4.69, 9.17) is 17.3 Å². The molecule has 1 aromatic carbocycles. The average Bonchev–Trinajstić information content (AvgIpc) is 3.05. The van der Waals surface area contributed by atoms with Crippen molar-refractivity contribution in [2.45, 2.75) is 36.6 Å². The van der Waals surface area contributed by atoms with E-state index in [1.165, 1.54) is 25.3 Å². The topological polar surface area (TPSA) is 98.5 Å². The number of nitrogens with two attached hydrogens (primary N) is 1. The van der Waals surface area contributed by atoms with Crippen molar-refractivity contribution in [3.05, 3.63) is 28.8 Å². The summed E-state index contributed by atoms with van der Waals surface area (Å²) in [5.41, 5.74) is 5.66. The Morgan fingerprint density at radius 1 is 1.42 bits per heavy atom. The summed E-state index contributed by atoms with van der Waals surface area (Å²) in [6, 6.07) is 3.67. The maximum absolute atomic E-state index is 12.7. The molecular weight excluding hydrogens is 375 g/mol. The number of sulfonamides is 1. The Hall–Kier alpha value is -0.860. The monoisotopic (exact) mass is 396 g/mol. The van der Waals surface area contributed by atoms with E-state index in [9.17, 15) is 13.2 Å². The molecule has 6 nitrogen and oxygen atoms in total. The van der Waals surface area contributed by atoms with Gasteiger partial charge in [0, 0.05) is 17.6 Å². The minimum atomic E-state index is -3.90. The zero-order valence-electron chi connectivity index (χ0n) is 13.3. The third kappa shape index (κ3) is 4.83. The summed E-state index contributed by atoms with van der Waals surface area (Å²) in [4.78, 5) is 11.7. The van der Waals surface area contributed by atoms with Gasteiger partial charge in [-0.3, -0.25) is 0 Å². The van der Waals surface area contributed by atoms with Crippen molar-refractivity contribution in [3.8, 4) is 0 Å². The van der Waals surface area contributed by atoms with Crippen LogP contribution in [0.4, 0.5) is 0 Å². The van der Waals surface area contributed by atoms with Crippen LogP contribution in [0.25, 0.3) is 0 Å². The molecule has 1 atom stereocenters. The lowest BCUT2D eigenvalue weighted by molar-refractivity contribution is 0.0596. The molecule has 0 heterocycles. The Morgan fingerprint density at radius 2 is 2.04 bits per heavy atom. The Balaban J connectivity index is 0.00000288. The summed E-state index contributed by atoms with van der Waals surface area (Å²) in [6.07, 6.45) is 4.07. The van der Waals surface area contributed by atoms with E-state index in [1.807, 2.05) is 0 Å². The van der Waals surface area contributed by atoms with Gasteiger partial charge in [-0.05, 0) is 37.0 Å². The summed E-state index contributed by atoms with van der Waals surface area (Å²) < 4.78 is 32.7. The minimum absolute atomic E-state index is 0. The number of hydrogen-bond acceptors (Lipinski definition) is 5. The molecule has 24 heavy (non-hydrogen) atoms. The van der Waals surface area contributed by atoms with Crippen molar-refractivity contribution in [2.75, 3.05) is 13.7 Å². The number of ether oxygens (including phenoxy) is 1. The lowest BCUT2D eigenvalue weighted by atomic mass is 9.99. The summed E-state index contributed by atoms with van der Waals surface area (Å²) in [6.45, 7) is 0.213. The number of carbonyl (C=O) groups excluding carboxylic acids is 1. The summed E-state index contributed by atoms with van der Waals surface area (Å²) >= 11 is 5.86. The SMILES string of the molecule is COC(=O)c1cc(Cl)ccc1S(=O)(=O)NC(CN)C1CCCC1.Cl. The minimum Gasteiger partial charge on any atom is -0.465 e. The third-order valence-electron chi connectivity index (χ3n) is 4.17. The Kier molecular flexibility index (Phi) is 7.95. The van der Waals surface area contributed by atoms with Gasteiger partial charge in [-0.15, -0.1) is 12.4 Å². The molecule has 1 aliphatic carbocycles. The van der Waals surface area contributed by atoms with E-state index in [1.54, 1.807) is 0 Å². The van der Waals surface area contributed by atoms with Crippen molar-refractivity contribution >= 4 is 40.0 Å². The van der Waals surface area contributed by atoms with Crippen LogP contribution in [0.5, 0.6) is 0 Å². The number of rotatable bonds is 6. The molecule has 0 bridgehead atoms. The number of benzene rings is 1. The van der Waals surface area contributed by atoms with Crippen molar-refractivity contribution in [3.63, 3.8) is 0 Å². The quantitative estimate of drug-likeness (QED) is 0.718. The van der Waals surface area contributed by atoms with E-state index < -0.39 is 16.0 Å². The van der Waals surface area contributed by atoms with E-state index in [0.29, 0.717) is 0 Å². The van der Waals surface area contributed by atoms with Crippen LogP contribution in [-0.2, 0) is 14.8 Å². The van der Waals surface area contributed by atoms with Gasteiger partial charge in [-0.25, -0.2) is 17.9 Å². The lowest BCUT2D eigenvalue weighted by Gasteiger charge is -2.23. The van der Waals surface area contributed by atoms with Gasteiger partial charge in [0.15, 0.2) is 0 Å². The first kappa shape index (κ1) is 21.2. The van der Waals surface area contributed by atoms with Gasteiger partial charge in [0.2, 0.25) is 10.0 Å². The van der Waals surface area contributed by atoms with Crippen LogP contribution in [0.1, 0.15) is 36.0 Å². The second-order valence-corrected chi connectivity index (χ2v) is 7.76. The largest absolute Gasteiger partial charge is 0.465 e. The van der Waals surface area contributed by atoms with Crippen LogP contribution < -0.4 is 10.5 Å². The highest BCUT2D eigenvalue weighted by Crippen LogP contribution is 2.29. The molecular formula is C15H22Cl2N2O4S. The number of halogens is 2. The van der Waals surface area contributed by atoms with Crippen molar-refractivity contribution < 1.29 is 17.9 Å². The summed E-state index contributed by atoms with van der Waals surface area (Å²) in [5, 5.41) is 0.260. The fraction of sp³-hybridized carbons (Fsp3) is 0.533. The molecule has 2 rings (SSSR count). The molecule has 0 amide bonds. The molecule has 0 radical (unpaired) electrons. The first-order chi connectivity index (χ1) is 10.9. The molecule has 1 unspecified atom stereocenters. The Bertz CT molecular complexity index is 676. The number of nitrogens with one attached hydrogen (secondary N) is 1. The first-order valence-electron chi connectivity index (χ1n) is 7.49. The molecule has 1 fully saturated rings. The van der Waals surface area contributed by atoms with Crippen molar-refractivity contribution in [2.24, 2.45) is 11.7 Å². The molecule has 0 saturated heterocycles. The van der Waals surface area contributed by atoms with Crippen molar-refractivity contribution in [1.82, 2.24) is 4.72 Å². The summed E-state index contributed by atoms with van der Waals surface area (Å²) in [7, 11) is -2.71. The van der Waals surface area contributed by atoms with Gasteiger partial charge in [-0.1, -0.05) is 24.4 Å². The van der Waals surface area contributed by atoms with Gasteiger partial charge in [-0.2, -0.15) is 0 Å². The zero-order chi connectivity index (χ0) is 17.0. The summed E-state index contributed by atoms with van der Waals surface area (Å²) in [5.74, 6) is -0.526. The molecule has 0 aromatic heterocycles. The second kappa shape index (κ2) is 9.01.